The van der Waals surface area contributed by atoms with E-state index in [2.05, 4.69) is 10.0 Å². The van der Waals surface area contributed by atoms with E-state index in [1.165, 1.54) is 12.1 Å². The van der Waals surface area contributed by atoms with Crippen molar-refractivity contribution in [3.8, 4) is 0 Å². The van der Waals surface area contributed by atoms with Crippen molar-refractivity contribution >= 4 is 27.5 Å². The molecule has 1 amide bonds. The Bertz CT molecular complexity index is 731. The summed E-state index contributed by atoms with van der Waals surface area (Å²) in [7, 11) is -3.55. The smallest absolute Gasteiger partial charge is 0.251 e. The molecule has 0 saturated heterocycles. The molecule has 2 aromatic rings. The fraction of sp³-hybridized carbons (Fsp3) is 0.133. The summed E-state index contributed by atoms with van der Waals surface area (Å²) in [6, 6.07) is 14.5. The number of hydrogen-bond donors (Lipinski definition) is 2. The highest BCUT2D eigenvalue weighted by Crippen LogP contribution is 2.09. The Hall–Kier alpha value is -1.89. The molecule has 0 radical (unpaired) electrons. The molecule has 116 valence electrons. The van der Waals surface area contributed by atoms with Gasteiger partial charge in [-0.1, -0.05) is 29.8 Å². The van der Waals surface area contributed by atoms with E-state index in [9.17, 15) is 13.2 Å². The van der Waals surface area contributed by atoms with E-state index in [1.807, 2.05) is 0 Å². The Labute approximate surface area is 134 Å². The van der Waals surface area contributed by atoms with Crippen molar-refractivity contribution in [3.63, 3.8) is 0 Å². The normalized spacial score (nSPS) is 11.1. The molecule has 0 heterocycles. The highest BCUT2D eigenvalue weighted by Gasteiger charge is 2.12. The first kappa shape index (κ1) is 16.5. The molecule has 7 heteroatoms. The summed E-state index contributed by atoms with van der Waals surface area (Å²) < 4.78 is 26.3. The van der Waals surface area contributed by atoms with Gasteiger partial charge in [0.25, 0.3) is 5.91 Å². The number of benzene rings is 2. The summed E-state index contributed by atoms with van der Waals surface area (Å²) in [6.07, 6.45) is 0. The minimum Gasteiger partial charge on any atom is -0.351 e. The standard InChI is InChI=1S/C15H15ClN2O3S/c16-13-8-6-12(7-9-13)15(19)17-10-11-18-22(20,21)14-4-2-1-3-5-14/h1-9,18H,10-11H2,(H,17,19). The first-order valence-corrected chi connectivity index (χ1v) is 8.43. The van der Waals surface area contributed by atoms with Crippen LogP contribution in [0.15, 0.2) is 59.5 Å². The predicted octanol–water partition coefficient (Wildman–Crippen LogP) is 2.05. The van der Waals surface area contributed by atoms with Gasteiger partial charge >= 0.3 is 0 Å². The van der Waals surface area contributed by atoms with Crippen molar-refractivity contribution in [2.45, 2.75) is 4.90 Å². The molecule has 22 heavy (non-hydrogen) atoms. The first-order valence-electron chi connectivity index (χ1n) is 6.57. The largest absolute Gasteiger partial charge is 0.351 e. The Balaban J connectivity index is 1.82. The molecule has 0 atom stereocenters. The summed E-state index contributed by atoms with van der Waals surface area (Å²) in [5.41, 5.74) is 0.468. The van der Waals surface area contributed by atoms with E-state index in [1.54, 1.807) is 42.5 Å². The van der Waals surface area contributed by atoms with Gasteiger partial charge in [-0.25, -0.2) is 13.1 Å². The molecule has 0 saturated carbocycles. The second-order valence-electron chi connectivity index (χ2n) is 4.47. The lowest BCUT2D eigenvalue weighted by Gasteiger charge is -2.08. The van der Waals surface area contributed by atoms with Crippen LogP contribution in [0.2, 0.25) is 5.02 Å². The van der Waals surface area contributed by atoms with Gasteiger partial charge in [0.05, 0.1) is 4.90 Å². The second kappa shape index (κ2) is 7.40. The van der Waals surface area contributed by atoms with Gasteiger partial charge in [-0.05, 0) is 36.4 Å². The molecule has 0 unspecified atom stereocenters. The third-order valence-electron chi connectivity index (χ3n) is 2.86. The van der Waals surface area contributed by atoms with Crippen LogP contribution in [0.3, 0.4) is 0 Å². The van der Waals surface area contributed by atoms with Crippen molar-refractivity contribution in [3.05, 3.63) is 65.2 Å². The number of halogens is 1. The van der Waals surface area contributed by atoms with Gasteiger partial charge in [-0.15, -0.1) is 0 Å². The van der Waals surface area contributed by atoms with Gasteiger partial charge in [0.15, 0.2) is 0 Å². The summed E-state index contributed by atoms with van der Waals surface area (Å²) in [4.78, 5) is 12.0. The van der Waals surface area contributed by atoms with Gasteiger partial charge in [0.1, 0.15) is 0 Å². The minimum absolute atomic E-state index is 0.108. The van der Waals surface area contributed by atoms with Crippen LogP contribution in [0.25, 0.3) is 0 Å². The van der Waals surface area contributed by atoms with Gasteiger partial charge in [0.2, 0.25) is 10.0 Å². The lowest BCUT2D eigenvalue weighted by atomic mass is 10.2. The van der Waals surface area contributed by atoms with Gasteiger partial charge in [-0.2, -0.15) is 0 Å². The zero-order valence-electron chi connectivity index (χ0n) is 11.6. The summed E-state index contributed by atoms with van der Waals surface area (Å²) in [5.74, 6) is -0.282. The highest BCUT2D eigenvalue weighted by atomic mass is 35.5. The number of hydrogen-bond acceptors (Lipinski definition) is 3. The molecule has 0 aromatic heterocycles. The van der Waals surface area contributed by atoms with Gasteiger partial charge in [-0.3, -0.25) is 4.79 Å². The number of amides is 1. The molecule has 2 aromatic carbocycles. The van der Waals surface area contributed by atoms with Crippen molar-refractivity contribution in [2.75, 3.05) is 13.1 Å². The van der Waals surface area contributed by atoms with Crippen LogP contribution in [0, 0.1) is 0 Å². The van der Waals surface area contributed by atoms with Crippen LogP contribution in [-0.2, 0) is 10.0 Å². The summed E-state index contributed by atoms with van der Waals surface area (Å²) >= 11 is 5.74. The van der Waals surface area contributed by atoms with Gasteiger partial charge in [0, 0.05) is 23.7 Å². The summed E-state index contributed by atoms with van der Waals surface area (Å²) in [6.45, 7) is 0.296. The zero-order valence-corrected chi connectivity index (χ0v) is 13.2. The quantitative estimate of drug-likeness (QED) is 0.791. The van der Waals surface area contributed by atoms with Crippen LogP contribution in [0.1, 0.15) is 10.4 Å². The predicted molar refractivity (Wildman–Crippen MR) is 85.4 cm³/mol. The van der Waals surface area contributed by atoms with Crippen LogP contribution in [0.4, 0.5) is 0 Å². The lowest BCUT2D eigenvalue weighted by Crippen LogP contribution is -2.34. The van der Waals surface area contributed by atoms with Crippen LogP contribution in [0.5, 0.6) is 0 Å². The molecule has 0 bridgehead atoms. The second-order valence-corrected chi connectivity index (χ2v) is 6.68. The minimum atomic E-state index is -3.55. The molecule has 0 fully saturated rings. The fourth-order valence-corrected chi connectivity index (χ4v) is 2.93. The molecule has 5 nitrogen and oxygen atoms in total. The van der Waals surface area contributed by atoms with E-state index in [0.717, 1.165) is 0 Å². The first-order chi connectivity index (χ1) is 10.5. The van der Waals surface area contributed by atoms with E-state index >= 15 is 0 Å². The Morgan fingerprint density at radius 2 is 1.59 bits per heavy atom. The number of rotatable bonds is 6. The maximum Gasteiger partial charge on any atom is 0.251 e. The maximum atomic E-state index is 11.9. The zero-order chi connectivity index (χ0) is 16.0. The monoisotopic (exact) mass is 338 g/mol. The van der Waals surface area contributed by atoms with E-state index < -0.39 is 10.0 Å². The topological polar surface area (TPSA) is 75.3 Å². The average molecular weight is 339 g/mol. The fourth-order valence-electron chi connectivity index (χ4n) is 1.75. The molecule has 0 spiro atoms. The van der Waals surface area contributed by atoms with Crippen molar-refractivity contribution in [1.29, 1.82) is 0 Å². The molecular formula is C15H15ClN2O3S. The molecule has 0 aliphatic rings. The molecular weight excluding hydrogens is 324 g/mol. The summed E-state index contributed by atoms with van der Waals surface area (Å²) in [5, 5.41) is 3.18. The molecule has 0 aliphatic carbocycles. The number of sulfonamides is 1. The van der Waals surface area contributed by atoms with Crippen molar-refractivity contribution < 1.29 is 13.2 Å². The highest BCUT2D eigenvalue weighted by molar-refractivity contribution is 7.89. The van der Waals surface area contributed by atoms with Crippen molar-refractivity contribution in [2.24, 2.45) is 0 Å². The maximum absolute atomic E-state index is 11.9. The molecule has 0 aliphatic heterocycles. The number of carbonyl (C=O) groups is 1. The lowest BCUT2D eigenvalue weighted by molar-refractivity contribution is 0.0954. The van der Waals surface area contributed by atoms with Crippen LogP contribution >= 0.6 is 11.6 Å². The van der Waals surface area contributed by atoms with E-state index in [4.69, 9.17) is 11.6 Å². The Kier molecular flexibility index (Phi) is 5.54. The SMILES string of the molecule is O=C(NCCNS(=O)(=O)c1ccccc1)c1ccc(Cl)cc1. The van der Waals surface area contributed by atoms with E-state index in [0.29, 0.717) is 10.6 Å². The molecule has 2 rings (SSSR count). The number of nitrogens with one attached hydrogen (secondary N) is 2. The van der Waals surface area contributed by atoms with E-state index in [-0.39, 0.29) is 23.9 Å². The van der Waals surface area contributed by atoms with Crippen LogP contribution in [-0.4, -0.2) is 27.4 Å². The average Bonchev–Trinajstić information content (AvgIpc) is 2.53. The number of carbonyl (C=O) groups excluding carboxylic acids is 1. The third-order valence-corrected chi connectivity index (χ3v) is 4.59. The Morgan fingerprint density at radius 1 is 0.955 bits per heavy atom. The van der Waals surface area contributed by atoms with Crippen LogP contribution < -0.4 is 10.0 Å². The van der Waals surface area contributed by atoms with Gasteiger partial charge < -0.3 is 5.32 Å². The molecule has 2 N–H and O–H groups in total. The third kappa shape index (κ3) is 4.56. The Morgan fingerprint density at radius 3 is 2.23 bits per heavy atom. The van der Waals surface area contributed by atoms with Crippen molar-refractivity contribution in [1.82, 2.24) is 10.0 Å².